The monoisotopic (exact) mass is 428 g/mol. The maximum Gasteiger partial charge on any atom is 0.251 e. The third-order valence-corrected chi connectivity index (χ3v) is 8.52. The van der Waals surface area contributed by atoms with Crippen molar-refractivity contribution in [1.29, 1.82) is 0 Å². The van der Waals surface area contributed by atoms with Gasteiger partial charge in [-0.25, -0.2) is 4.98 Å². The average Bonchev–Trinajstić information content (AvgIpc) is 3.19. The van der Waals surface area contributed by atoms with E-state index in [1.54, 1.807) is 0 Å². The number of nitrogens with zero attached hydrogens (tertiary/aromatic N) is 1. The molecule has 4 fully saturated rings. The van der Waals surface area contributed by atoms with Crippen molar-refractivity contribution in [2.24, 2.45) is 23.2 Å². The number of hydrogen-bond donors (Lipinski definition) is 1. The lowest BCUT2D eigenvalue weighted by Crippen LogP contribution is -2.55. The molecule has 3 aromatic rings. The average molecular weight is 429 g/mol. The Kier molecular flexibility index (Phi) is 4.85. The maximum atomic E-state index is 13.1. The molecular formula is C28H32N2O2. The fourth-order valence-corrected chi connectivity index (χ4v) is 7.26. The van der Waals surface area contributed by atoms with Gasteiger partial charge in [0.15, 0.2) is 11.5 Å². The zero-order valence-corrected chi connectivity index (χ0v) is 18.8. The zero-order chi connectivity index (χ0) is 21.7. The van der Waals surface area contributed by atoms with Crippen molar-refractivity contribution in [3.05, 3.63) is 65.5 Å². The predicted molar refractivity (Wildman–Crippen MR) is 125 cm³/mol. The standard InChI is InChI=1S/C28H32N2O2/c1-18(28-15-20-11-21(16-28)13-22(12-20)17-28)29-27(31)23-8-9-24-25(14-23)32-26(30-24)10-7-19-5-3-2-4-6-19/h2-6,8-9,14,18,20-22H,7,10-13,15-17H2,1H3,(H,29,31). The molecule has 1 N–H and O–H groups in total. The Labute approximate surface area is 189 Å². The summed E-state index contributed by atoms with van der Waals surface area (Å²) in [6.07, 6.45) is 9.82. The summed E-state index contributed by atoms with van der Waals surface area (Å²) in [7, 11) is 0. The highest BCUT2D eigenvalue weighted by atomic mass is 16.3. The van der Waals surface area contributed by atoms with Gasteiger partial charge in [-0.15, -0.1) is 0 Å². The minimum Gasteiger partial charge on any atom is -0.441 e. The molecule has 1 aromatic heterocycles. The van der Waals surface area contributed by atoms with Crippen LogP contribution in [0.3, 0.4) is 0 Å². The highest BCUT2D eigenvalue weighted by Crippen LogP contribution is 2.61. The quantitative estimate of drug-likeness (QED) is 0.528. The van der Waals surface area contributed by atoms with Crippen molar-refractivity contribution in [1.82, 2.24) is 10.3 Å². The van der Waals surface area contributed by atoms with Crippen LogP contribution in [0.2, 0.25) is 0 Å². The molecule has 4 saturated carbocycles. The molecule has 4 heteroatoms. The molecule has 0 radical (unpaired) electrons. The van der Waals surface area contributed by atoms with Crippen molar-refractivity contribution in [2.45, 2.75) is 64.3 Å². The number of rotatable bonds is 6. The molecule has 1 amide bonds. The van der Waals surface area contributed by atoms with Crippen molar-refractivity contribution in [3.63, 3.8) is 0 Å². The van der Waals surface area contributed by atoms with Crippen LogP contribution < -0.4 is 5.32 Å². The van der Waals surface area contributed by atoms with E-state index in [0.717, 1.165) is 42.0 Å². The summed E-state index contributed by atoms with van der Waals surface area (Å²) in [5.74, 6) is 3.40. The van der Waals surface area contributed by atoms with Crippen molar-refractivity contribution >= 4 is 17.0 Å². The molecular weight excluding hydrogens is 396 g/mol. The third kappa shape index (κ3) is 3.64. The topological polar surface area (TPSA) is 55.1 Å². The minimum atomic E-state index is 0.0115. The molecule has 1 heterocycles. The lowest BCUT2D eigenvalue weighted by atomic mass is 9.48. The van der Waals surface area contributed by atoms with Gasteiger partial charge in [0.1, 0.15) is 5.52 Å². The summed E-state index contributed by atoms with van der Waals surface area (Å²) in [6.45, 7) is 2.24. The van der Waals surface area contributed by atoms with E-state index in [2.05, 4.69) is 41.5 Å². The fraction of sp³-hybridized carbons (Fsp3) is 0.500. The van der Waals surface area contributed by atoms with Gasteiger partial charge in [0.2, 0.25) is 0 Å². The molecule has 2 aromatic carbocycles. The first-order valence-electron chi connectivity index (χ1n) is 12.3. The van der Waals surface area contributed by atoms with Gasteiger partial charge in [0.05, 0.1) is 0 Å². The molecule has 166 valence electrons. The van der Waals surface area contributed by atoms with Gasteiger partial charge >= 0.3 is 0 Å². The number of aromatic nitrogens is 1. The predicted octanol–water partition coefficient (Wildman–Crippen LogP) is 5.95. The molecule has 0 aliphatic heterocycles. The third-order valence-electron chi connectivity index (χ3n) is 8.52. The van der Waals surface area contributed by atoms with E-state index in [-0.39, 0.29) is 11.9 Å². The number of carbonyl (C=O) groups is 1. The summed E-state index contributed by atoms with van der Waals surface area (Å²) in [5, 5.41) is 3.37. The van der Waals surface area contributed by atoms with Crippen LogP contribution >= 0.6 is 0 Å². The highest BCUT2D eigenvalue weighted by Gasteiger charge is 2.53. The van der Waals surface area contributed by atoms with Crippen LogP contribution in [0.25, 0.3) is 11.1 Å². The molecule has 32 heavy (non-hydrogen) atoms. The molecule has 4 aliphatic carbocycles. The zero-order valence-electron chi connectivity index (χ0n) is 18.8. The smallest absolute Gasteiger partial charge is 0.251 e. The first kappa shape index (κ1) is 20.0. The summed E-state index contributed by atoms with van der Waals surface area (Å²) in [6, 6.07) is 16.2. The summed E-state index contributed by atoms with van der Waals surface area (Å²) >= 11 is 0. The summed E-state index contributed by atoms with van der Waals surface area (Å²) in [4.78, 5) is 17.8. The van der Waals surface area contributed by atoms with E-state index in [9.17, 15) is 4.79 Å². The Morgan fingerprint density at radius 3 is 2.41 bits per heavy atom. The Hall–Kier alpha value is -2.62. The van der Waals surface area contributed by atoms with Crippen LogP contribution in [0, 0.1) is 23.2 Å². The minimum absolute atomic E-state index is 0.0115. The first-order valence-corrected chi connectivity index (χ1v) is 12.3. The van der Waals surface area contributed by atoms with Crippen molar-refractivity contribution in [3.8, 4) is 0 Å². The van der Waals surface area contributed by atoms with E-state index in [4.69, 9.17) is 4.42 Å². The fourth-order valence-electron chi connectivity index (χ4n) is 7.26. The van der Waals surface area contributed by atoms with E-state index >= 15 is 0 Å². The molecule has 0 saturated heterocycles. The van der Waals surface area contributed by atoms with Crippen molar-refractivity contribution < 1.29 is 9.21 Å². The second-order valence-corrected chi connectivity index (χ2v) is 10.8. The number of benzene rings is 2. The van der Waals surface area contributed by atoms with Gasteiger partial charge in [0, 0.05) is 18.0 Å². The lowest BCUT2D eigenvalue weighted by molar-refractivity contribution is -0.0688. The number of carbonyl (C=O) groups excluding carboxylic acids is 1. The van der Waals surface area contributed by atoms with E-state index in [0.29, 0.717) is 16.6 Å². The van der Waals surface area contributed by atoms with Crippen LogP contribution in [-0.4, -0.2) is 16.9 Å². The lowest BCUT2D eigenvalue weighted by Gasteiger charge is -2.59. The molecule has 4 nitrogen and oxygen atoms in total. The maximum absolute atomic E-state index is 13.1. The van der Waals surface area contributed by atoms with Crippen LogP contribution in [0.1, 0.15) is 67.3 Å². The number of oxazole rings is 1. The van der Waals surface area contributed by atoms with E-state index < -0.39 is 0 Å². The first-order chi connectivity index (χ1) is 15.6. The number of amides is 1. The van der Waals surface area contributed by atoms with Crippen LogP contribution in [0.15, 0.2) is 52.9 Å². The number of fused-ring (bicyclic) bond motifs is 1. The molecule has 4 aliphatic rings. The van der Waals surface area contributed by atoms with Crippen LogP contribution in [0.5, 0.6) is 0 Å². The van der Waals surface area contributed by atoms with E-state index in [1.807, 2.05) is 24.3 Å². The van der Waals surface area contributed by atoms with Gasteiger partial charge in [-0.3, -0.25) is 4.79 Å². The normalized spacial score (nSPS) is 29.3. The SMILES string of the molecule is CC(NC(=O)c1ccc2nc(CCc3ccccc3)oc2c1)C12CC3CC(CC(C3)C1)C2. The van der Waals surface area contributed by atoms with Crippen LogP contribution in [0.4, 0.5) is 0 Å². The Morgan fingerprint density at radius 1 is 1.03 bits per heavy atom. The summed E-state index contributed by atoms with van der Waals surface area (Å²) < 4.78 is 5.99. The van der Waals surface area contributed by atoms with Gasteiger partial charge in [-0.05, 0) is 98.8 Å². The van der Waals surface area contributed by atoms with Gasteiger partial charge in [0.25, 0.3) is 5.91 Å². The molecule has 0 spiro atoms. The van der Waals surface area contributed by atoms with Gasteiger partial charge < -0.3 is 9.73 Å². The van der Waals surface area contributed by atoms with E-state index in [1.165, 1.54) is 44.1 Å². The largest absolute Gasteiger partial charge is 0.441 e. The molecule has 7 rings (SSSR count). The number of hydrogen-bond acceptors (Lipinski definition) is 3. The van der Waals surface area contributed by atoms with Gasteiger partial charge in [-0.2, -0.15) is 0 Å². The Morgan fingerprint density at radius 2 is 1.72 bits per heavy atom. The molecule has 1 unspecified atom stereocenters. The molecule has 4 bridgehead atoms. The van der Waals surface area contributed by atoms with Gasteiger partial charge in [-0.1, -0.05) is 30.3 Å². The van der Waals surface area contributed by atoms with Crippen molar-refractivity contribution in [2.75, 3.05) is 0 Å². The molecule has 1 atom stereocenters. The second-order valence-electron chi connectivity index (χ2n) is 10.8. The van der Waals surface area contributed by atoms with Crippen LogP contribution in [-0.2, 0) is 12.8 Å². The highest BCUT2D eigenvalue weighted by molar-refractivity contribution is 5.97. The number of aryl methyl sites for hydroxylation is 2. The Bertz CT molecular complexity index is 1100. The summed E-state index contributed by atoms with van der Waals surface area (Å²) in [5.41, 5.74) is 3.76. The number of nitrogens with one attached hydrogen (secondary N) is 1. The second kappa shape index (κ2) is 7.75. The Balaban J connectivity index is 1.15.